The molecule has 2 aromatic rings. The lowest BCUT2D eigenvalue weighted by molar-refractivity contribution is -0.384. The second-order valence-corrected chi connectivity index (χ2v) is 5.91. The Kier molecular flexibility index (Phi) is 5.64. The molecule has 1 aliphatic heterocycles. The smallest absolute Gasteiger partial charge is 0.338 e. The van der Waals surface area contributed by atoms with Gasteiger partial charge in [-0.3, -0.25) is 10.1 Å². The van der Waals surface area contributed by atoms with E-state index in [1.54, 1.807) is 30.3 Å². The number of ether oxygens (including phenoxy) is 2. The van der Waals surface area contributed by atoms with Crippen LogP contribution >= 0.6 is 0 Å². The molecule has 0 aromatic heterocycles. The van der Waals surface area contributed by atoms with Crippen molar-refractivity contribution in [1.82, 2.24) is 0 Å². The molecular weight excluding hydrogens is 350 g/mol. The monoisotopic (exact) mass is 367 g/mol. The zero-order valence-electron chi connectivity index (χ0n) is 14.5. The molecule has 2 aromatic carbocycles. The maximum absolute atomic E-state index is 12.3. The zero-order chi connectivity index (χ0) is 19.2. The number of nitrogens with zero attached hydrogens (tertiary/aromatic N) is 3. The van der Waals surface area contributed by atoms with Gasteiger partial charge in [-0.25, -0.2) is 4.79 Å². The minimum Gasteiger partial charge on any atom is -0.457 e. The van der Waals surface area contributed by atoms with Gasteiger partial charge in [0.15, 0.2) is 0 Å². The Balaban J connectivity index is 1.78. The van der Waals surface area contributed by atoms with Gasteiger partial charge in [0.2, 0.25) is 0 Å². The summed E-state index contributed by atoms with van der Waals surface area (Å²) in [6, 6.07) is 13.1. The third-order valence-electron chi connectivity index (χ3n) is 4.26. The van der Waals surface area contributed by atoms with Gasteiger partial charge < -0.3 is 14.4 Å². The number of benzene rings is 2. The predicted octanol–water partition coefficient (Wildman–Crippen LogP) is 2.66. The van der Waals surface area contributed by atoms with Gasteiger partial charge in [-0.15, -0.1) is 0 Å². The fourth-order valence-electron chi connectivity index (χ4n) is 2.85. The van der Waals surface area contributed by atoms with Crippen molar-refractivity contribution in [2.75, 3.05) is 31.2 Å². The first-order chi connectivity index (χ1) is 13.1. The van der Waals surface area contributed by atoms with Crippen molar-refractivity contribution in [3.63, 3.8) is 0 Å². The molecule has 0 bridgehead atoms. The number of nitro benzene ring substituents is 1. The number of morpholine rings is 1. The largest absolute Gasteiger partial charge is 0.457 e. The summed E-state index contributed by atoms with van der Waals surface area (Å²) in [5, 5.41) is 20.5. The van der Waals surface area contributed by atoms with Gasteiger partial charge in [-0.2, -0.15) is 5.26 Å². The summed E-state index contributed by atoms with van der Waals surface area (Å²) in [5.41, 5.74) is 1.39. The van der Waals surface area contributed by atoms with E-state index in [1.165, 1.54) is 12.1 Å². The third kappa shape index (κ3) is 4.22. The number of hydrogen-bond donors (Lipinski definition) is 0. The van der Waals surface area contributed by atoms with Crippen LogP contribution in [0.4, 0.5) is 11.4 Å². The summed E-state index contributed by atoms with van der Waals surface area (Å²) in [4.78, 5) is 25.1. The van der Waals surface area contributed by atoms with Crippen LogP contribution in [-0.2, 0) is 16.1 Å². The average molecular weight is 367 g/mol. The Morgan fingerprint density at radius 2 is 2.00 bits per heavy atom. The molecule has 0 unspecified atom stereocenters. The van der Waals surface area contributed by atoms with Crippen molar-refractivity contribution in [2.45, 2.75) is 6.61 Å². The molecule has 0 aliphatic carbocycles. The van der Waals surface area contributed by atoms with Crippen molar-refractivity contribution in [2.24, 2.45) is 0 Å². The highest BCUT2D eigenvalue weighted by molar-refractivity contribution is 5.91. The lowest BCUT2D eigenvalue weighted by atomic mass is 10.1. The molecular formula is C19H17N3O5. The van der Waals surface area contributed by atoms with E-state index in [0.717, 1.165) is 0 Å². The number of anilines is 1. The highest BCUT2D eigenvalue weighted by Gasteiger charge is 2.23. The Labute approximate surface area is 155 Å². The topological polar surface area (TPSA) is 106 Å². The number of hydrogen-bond acceptors (Lipinski definition) is 7. The average Bonchev–Trinajstić information content (AvgIpc) is 2.72. The second-order valence-electron chi connectivity index (χ2n) is 5.91. The van der Waals surface area contributed by atoms with Crippen molar-refractivity contribution >= 4 is 17.3 Å². The molecule has 0 radical (unpaired) electrons. The highest BCUT2D eigenvalue weighted by atomic mass is 16.6. The lowest BCUT2D eigenvalue weighted by Crippen LogP contribution is -2.36. The maximum atomic E-state index is 12.3. The van der Waals surface area contributed by atoms with Crippen molar-refractivity contribution in [3.8, 4) is 6.07 Å². The predicted molar refractivity (Wildman–Crippen MR) is 96.4 cm³/mol. The Hall–Kier alpha value is -3.44. The van der Waals surface area contributed by atoms with Crippen LogP contribution in [0.1, 0.15) is 21.5 Å². The Bertz CT molecular complexity index is 900. The molecule has 1 fully saturated rings. The molecule has 3 rings (SSSR count). The van der Waals surface area contributed by atoms with Crippen LogP contribution in [0, 0.1) is 21.4 Å². The molecule has 0 N–H and O–H groups in total. The number of carbonyl (C=O) groups is 1. The molecule has 1 heterocycles. The quantitative estimate of drug-likeness (QED) is 0.454. The second kappa shape index (κ2) is 8.29. The molecule has 138 valence electrons. The third-order valence-corrected chi connectivity index (χ3v) is 4.26. The fraction of sp³-hybridized carbons (Fsp3) is 0.263. The van der Waals surface area contributed by atoms with E-state index < -0.39 is 10.9 Å². The maximum Gasteiger partial charge on any atom is 0.338 e. The van der Waals surface area contributed by atoms with Gasteiger partial charge in [0.1, 0.15) is 12.3 Å². The van der Waals surface area contributed by atoms with Gasteiger partial charge in [0.05, 0.1) is 35.3 Å². The number of nitriles is 1. The van der Waals surface area contributed by atoms with Crippen LogP contribution in [-0.4, -0.2) is 37.2 Å². The van der Waals surface area contributed by atoms with Crippen LogP contribution in [0.2, 0.25) is 0 Å². The standard InChI is InChI=1S/C19H17N3O5/c20-12-15-3-1-2-4-16(15)13-27-19(23)14-5-6-17(18(11-14)22(24)25)21-7-9-26-10-8-21/h1-6,11H,7-10,13H2. The van der Waals surface area contributed by atoms with E-state index in [2.05, 4.69) is 0 Å². The van der Waals surface area contributed by atoms with Gasteiger partial charge in [0.25, 0.3) is 5.69 Å². The van der Waals surface area contributed by atoms with Gasteiger partial charge in [-0.05, 0) is 18.2 Å². The molecule has 0 saturated carbocycles. The molecule has 1 saturated heterocycles. The van der Waals surface area contributed by atoms with Gasteiger partial charge in [-0.1, -0.05) is 18.2 Å². The summed E-state index contributed by atoms with van der Waals surface area (Å²) in [6.07, 6.45) is 0. The summed E-state index contributed by atoms with van der Waals surface area (Å²) < 4.78 is 10.5. The minimum absolute atomic E-state index is 0.0818. The molecule has 8 nitrogen and oxygen atoms in total. The summed E-state index contributed by atoms with van der Waals surface area (Å²) in [5.74, 6) is -0.681. The molecule has 0 spiro atoms. The number of carbonyl (C=O) groups excluding carboxylic acids is 1. The summed E-state index contributed by atoms with van der Waals surface area (Å²) >= 11 is 0. The Morgan fingerprint density at radius 1 is 1.26 bits per heavy atom. The minimum atomic E-state index is -0.681. The van der Waals surface area contributed by atoms with E-state index >= 15 is 0 Å². The van der Waals surface area contributed by atoms with E-state index in [9.17, 15) is 14.9 Å². The van der Waals surface area contributed by atoms with E-state index in [-0.39, 0.29) is 17.9 Å². The molecule has 0 atom stereocenters. The molecule has 8 heteroatoms. The van der Waals surface area contributed by atoms with Crippen LogP contribution in [0.25, 0.3) is 0 Å². The van der Waals surface area contributed by atoms with Crippen molar-refractivity contribution in [3.05, 3.63) is 69.3 Å². The van der Waals surface area contributed by atoms with Crippen LogP contribution in [0.15, 0.2) is 42.5 Å². The first-order valence-electron chi connectivity index (χ1n) is 8.36. The van der Waals surface area contributed by atoms with Crippen LogP contribution in [0.3, 0.4) is 0 Å². The first kappa shape index (κ1) is 18.4. The van der Waals surface area contributed by atoms with Gasteiger partial charge >= 0.3 is 5.97 Å². The van der Waals surface area contributed by atoms with E-state index in [1.807, 2.05) is 11.0 Å². The van der Waals surface area contributed by atoms with Gasteiger partial charge in [0, 0.05) is 24.7 Å². The number of nitro groups is 1. The summed E-state index contributed by atoms with van der Waals surface area (Å²) in [7, 11) is 0. The fourth-order valence-corrected chi connectivity index (χ4v) is 2.85. The van der Waals surface area contributed by atoms with Crippen LogP contribution < -0.4 is 4.90 Å². The van der Waals surface area contributed by atoms with Crippen LogP contribution in [0.5, 0.6) is 0 Å². The molecule has 27 heavy (non-hydrogen) atoms. The normalized spacial score (nSPS) is 13.7. The van der Waals surface area contributed by atoms with Crippen molar-refractivity contribution < 1.29 is 19.2 Å². The number of esters is 1. The number of rotatable bonds is 5. The SMILES string of the molecule is N#Cc1ccccc1COC(=O)c1ccc(N2CCOCC2)c([N+](=O)[O-])c1. The van der Waals surface area contributed by atoms with E-state index in [4.69, 9.17) is 14.7 Å². The zero-order valence-corrected chi connectivity index (χ0v) is 14.5. The molecule has 1 aliphatic rings. The summed E-state index contributed by atoms with van der Waals surface area (Å²) in [6.45, 7) is 2.02. The van der Waals surface area contributed by atoms with Crippen molar-refractivity contribution in [1.29, 1.82) is 5.26 Å². The van der Waals surface area contributed by atoms with E-state index in [0.29, 0.717) is 43.1 Å². The first-order valence-corrected chi connectivity index (χ1v) is 8.36. The highest BCUT2D eigenvalue weighted by Crippen LogP contribution is 2.30. The molecule has 0 amide bonds. The Morgan fingerprint density at radius 3 is 2.70 bits per heavy atom. The lowest BCUT2D eigenvalue weighted by Gasteiger charge is -2.28.